The molecule has 0 saturated carbocycles. The summed E-state index contributed by atoms with van der Waals surface area (Å²) >= 11 is 0. The van der Waals surface area contributed by atoms with Crippen LogP contribution in [0.1, 0.15) is 26.2 Å². The van der Waals surface area contributed by atoms with Crippen molar-refractivity contribution in [1.82, 2.24) is 0 Å². The lowest BCUT2D eigenvalue weighted by atomic mass is 9.38. The molecule has 0 bridgehead atoms. The average Bonchev–Trinajstić information content (AvgIpc) is 2.44. The predicted molar refractivity (Wildman–Crippen MR) is 51.5 cm³/mol. The van der Waals surface area contributed by atoms with Crippen LogP contribution in [-0.4, -0.2) is 29.3 Å². The molecule has 1 aliphatic heterocycles. The molecule has 0 aliphatic carbocycles. The summed E-state index contributed by atoms with van der Waals surface area (Å²) in [4.78, 5) is 33.2. The lowest BCUT2D eigenvalue weighted by molar-refractivity contribution is -0.137. The molecule has 1 unspecified atom stereocenters. The zero-order valence-electron chi connectivity index (χ0n) is 8.16. The molecule has 1 fully saturated rings. The van der Waals surface area contributed by atoms with Crippen LogP contribution in [-0.2, 0) is 14.4 Å². The SMILES string of the molecule is CCCC(B1CCC(=O)C1=O)C(=O)O. The maximum Gasteiger partial charge on any atom is 0.299 e. The van der Waals surface area contributed by atoms with Crippen molar-refractivity contribution in [2.45, 2.75) is 38.3 Å². The standard InChI is InChI=1S/C9H13BO4/c1-2-3-6(9(13)14)10-5-4-7(11)8(10)12/h6H,2-5H2,1H3,(H,13,14). The van der Waals surface area contributed by atoms with Gasteiger partial charge in [-0.3, -0.25) is 9.59 Å². The van der Waals surface area contributed by atoms with Crippen molar-refractivity contribution in [3.63, 3.8) is 0 Å². The van der Waals surface area contributed by atoms with E-state index in [0.29, 0.717) is 12.7 Å². The normalized spacial score (nSPS) is 18.8. The van der Waals surface area contributed by atoms with E-state index in [1.54, 1.807) is 0 Å². The van der Waals surface area contributed by atoms with E-state index >= 15 is 0 Å². The van der Waals surface area contributed by atoms with Gasteiger partial charge in [-0.05, 0) is 6.42 Å². The third-order valence-corrected chi connectivity index (χ3v) is 2.70. The Balaban J connectivity index is 2.74. The van der Waals surface area contributed by atoms with Crippen LogP contribution in [0.2, 0.25) is 12.1 Å². The van der Waals surface area contributed by atoms with Crippen molar-refractivity contribution in [2.24, 2.45) is 0 Å². The van der Waals surface area contributed by atoms with Crippen molar-refractivity contribution in [3.05, 3.63) is 0 Å². The Morgan fingerprint density at radius 1 is 1.57 bits per heavy atom. The van der Waals surface area contributed by atoms with Gasteiger partial charge >= 0.3 is 0 Å². The van der Waals surface area contributed by atoms with Gasteiger partial charge in [-0.15, -0.1) is 0 Å². The predicted octanol–water partition coefficient (Wildman–Crippen LogP) is 0.817. The first-order valence-corrected chi connectivity index (χ1v) is 4.87. The summed E-state index contributed by atoms with van der Waals surface area (Å²) in [5.74, 6) is -2.03. The highest BCUT2D eigenvalue weighted by Crippen LogP contribution is 2.27. The average molecular weight is 196 g/mol. The minimum Gasteiger partial charge on any atom is -0.482 e. The fourth-order valence-electron chi connectivity index (χ4n) is 1.94. The zero-order valence-corrected chi connectivity index (χ0v) is 8.16. The number of ketones is 1. The fourth-order valence-corrected chi connectivity index (χ4v) is 1.94. The van der Waals surface area contributed by atoms with Crippen LogP contribution >= 0.6 is 0 Å². The van der Waals surface area contributed by atoms with Gasteiger partial charge in [0.25, 0.3) is 5.97 Å². The molecule has 4 nitrogen and oxygen atoms in total. The number of rotatable bonds is 4. The molecule has 1 N–H and O–H groups in total. The third kappa shape index (κ3) is 2.03. The molecule has 1 atom stereocenters. The maximum absolute atomic E-state index is 11.3. The van der Waals surface area contributed by atoms with Gasteiger partial charge in [0.15, 0.2) is 11.5 Å². The molecule has 0 aromatic rings. The molecule has 76 valence electrons. The highest BCUT2D eigenvalue weighted by Gasteiger charge is 2.44. The topological polar surface area (TPSA) is 71.4 Å². The van der Waals surface area contributed by atoms with Gasteiger partial charge in [-0.2, -0.15) is 0 Å². The van der Waals surface area contributed by atoms with Crippen molar-refractivity contribution in [2.75, 3.05) is 0 Å². The van der Waals surface area contributed by atoms with E-state index in [0.717, 1.165) is 6.42 Å². The molecule has 0 spiro atoms. The van der Waals surface area contributed by atoms with E-state index in [-0.39, 0.29) is 6.42 Å². The summed E-state index contributed by atoms with van der Waals surface area (Å²) in [6.07, 6.45) is 1.82. The number of carboxylic acid groups (broad SMARTS) is 1. The van der Waals surface area contributed by atoms with Gasteiger partial charge in [0, 0.05) is 12.2 Å². The summed E-state index contributed by atoms with van der Waals surface area (Å²) in [5, 5.41) is 8.91. The fraction of sp³-hybridized carbons (Fsp3) is 0.667. The van der Waals surface area contributed by atoms with Crippen LogP contribution in [0, 0.1) is 0 Å². The molecule has 0 aromatic carbocycles. The molecule has 0 amide bonds. The smallest absolute Gasteiger partial charge is 0.299 e. The molecule has 0 aromatic heterocycles. The van der Waals surface area contributed by atoms with Gasteiger partial charge in [-0.1, -0.05) is 19.7 Å². The Kier molecular flexibility index (Phi) is 3.44. The van der Waals surface area contributed by atoms with E-state index < -0.39 is 30.0 Å². The number of carbonyl (C=O) groups excluding carboxylic acids is 2. The van der Waals surface area contributed by atoms with Gasteiger partial charge < -0.3 is 9.90 Å². The largest absolute Gasteiger partial charge is 0.482 e. The molecule has 1 aliphatic rings. The first-order valence-electron chi connectivity index (χ1n) is 4.87. The highest BCUT2D eigenvalue weighted by atomic mass is 16.4. The summed E-state index contributed by atoms with van der Waals surface area (Å²) < 4.78 is 0. The van der Waals surface area contributed by atoms with Crippen LogP contribution in [0.5, 0.6) is 0 Å². The summed E-state index contributed by atoms with van der Waals surface area (Å²) in [6, 6.07) is 0. The summed E-state index contributed by atoms with van der Waals surface area (Å²) in [5.41, 5.74) is -0.481. The second kappa shape index (κ2) is 4.40. The molecule has 1 rings (SSSR count). The Labute approximate surface area is 82.8 Å². The van der Waals surface area contributed by atoms with Crippen molar-refractivity contribution < 1.29 is 19.5 Å². The van der Waals surface area contributed by atoms with E-state index in [1.165, 1.54) is 0 Å². The Morgan fingerprint density at radius 2 is 2.21 bits per heavy atom. The summed E-state index contributed by atoms with van der Waals surface area (Å²) in [7, 11) is 0. The Bertz CT molecular complexity index is 274. The molecule has 14 heavy (non-hydrogen) atoms. The Hall–Kier alpha value is -1.13. The Morgan fingerprint density at radius 3 is 2.57 bits per heavy atom. The zero-order chi connectivity index (χ0) is 10.7. The van der Waals surface area contributed by atoms with Gasteiger partial charge in [0.1, 0.15) is 0 Å². The minimum atomic E-state index is -0.958. The number of hydrogen-bond acceptors (Lipinski definition) is 3. The van der Waals surface area contributed by atoms with Crippen LogP contribution < -0.4 is 0 Å². The number of Topliss-reactive ketones (excluding diaryl/α,β-unsaturated/α-hetero) is 1. The van der Waals surface area contributed by atoms with Crippen LogP contribution in [0.4, 0.5) is 0 Å². The minimum absolute atomic E-state index is 0.219. The molecule has 0 radical (unpaired) electrons. The molecule has 1 heterocycles. The van der Waals surface area contributed by atoms with E-state index in [4.69, 9.17) is 5.11 Å². The van der Waals surface area contributed by atoms with Crippen LogP contribution in [0.25, 0.3) is 0 Å². The van der Waals surface area contributed by atoms with Gasteiger partial charge in [0.05, 0.1) is 0 Å². The lowest BCUT2D eigenvalue weighted by Crippen LogP contribution is -2.33. The van der Waals surface area contributed by atoms with E-state index in [9.17, 15) is 14.4 Å². The second-order valence-corrected chi connectivity index (χ2v) is 3.67. The number of aliphatic carboxylic acids is 1. The summed E-state index contributed by atoms with van der Waals surface area (Å²) in [6.45, 7) is 1.30. The monoisotopic (exact) mass is 196 g/mol. The number of carboxylic acids is 1. The quantitative estimate of drug-likeness (QED) is 0.533. The van der Waals surface area contributed by atoms with Gasteiger partial charge in [0.2, 0.25) is 6.71 Å². The van der Waals surface area contributed by atoms with Gasteiger partial charge in [-0.25, -0.2) is 0 Å². The van der Waals surface area contributed by atoms with Crippen molar-refractivity contribution in [1.29, 1.82) is 0 Å². The lowest BCUT2D eigenvalue weighted by Gasteiger charge is -2.12. The number of hydrogen-bond donors (Lipinski definition) is 1. The van der Waals surface area contributed by atoms with E-state index in [1.807, 2.05) is 6.92 Å². The van der Waals surface area contributed by atoms with Crippen LogP contribution in [0.15, 0.2) is 0 Å². The molecular weight excluding hydrogens is 183 g/mol. The van der Waals surface area contributed by atoms with Crippen molar-refractivity contribution >= 4 is 24.1 Å². The molecule has 5 heteroatoms. The second-order valence-electron chi connectivity index (χ2n) is 3.67. The maximum atomic E-state index is 11.3. The molecule has 1 saturated heterocycles. The van der Waals surface area contributed by atoms with Crippen molar-refractivity contribution in [3.8, 4) is 0 Å². The van der Waals surface area contributed by atoms with E-state index in [2.05, 4.69) is 0 Å². The van der Waals surface area contributed by atoms with Crippen LogP contribution in [0.3, 0.4) is 0 Å². The number of carbonyl (C=O) groups is 3. The first-order chi connectivity index (χ1) is 6.57. The highest BCUT2D eigenvalue weighted by molar-refractivity contribution is 7.05. The first kappa shape index (κ1) is 11.0. The molecular formula is C9H13BO4. The third-order valence-electron chi connectivity index (χ3n) is 2.70.